The van der Waals surface area contributed by atoms with Crippen LogP contribution in [0.3, 0.4) is 0 Å². The highest BCUT2D eigenvalue weighted by molar-refractivity contribution is 6.37. The summed E-state index contributed by atoms with van der Waals surface area (Å²) in [4.78, 5) is 4.79. The standard InChI is InChI=1S/C47H28N2/c1-2-25-49-28-42(48-43(49)12-1)32-19-17-30(18-20-32)29-13-15-31(16-14-29)37-26-36-24-23-35-7-4-10-39-38-9-3-6-33-21-22-34-8-5-11-40(46(34)44(33)38)41(27-37)47(36)45(35)39/h1-28H. The van der Waals surface area contributed by atoms with Crippen molar-refractivity contribution < 1.29 is 0 Å². The fraction of sp³-hybridized carbons (Fsp3) is 0. The lowest BCUT2D eigenvalue weighted by Gasteiger charge is -2.17. The van der Waals surface area contributed by atoms with E-state index in [1.54, 1.807) is 0 Å². The van der Waals surface area contributed by atoms with Crippen LogP contribution in [-0.4, -0.2) is 9.38 Å². The van der Waals surface area contributed by atoms with Crippen LogP contribution in [0.1, 0.15) is 0 Å². The van der Waals surface area contributed by atoms with Gasteiger partial charge in [-0.25, -0.2) is 4.98 Å². The highest BCUT2D eigenvalue weighted by Gasteiger charge is 2.16. The smallest absolute Gasteiger partial charge is 0.137 e. The van der Waals surface area contributed by atoms with E-state index in [0.717, 1.165) is 16.9 Å². The minimum atomic E-state index is 0.957. The van der Waals surface area contributed by atoms with E-state index in [2.05, 4.69) is 150 Å². The summed E-state index contributed by atoms with van der Waals surface area (Å²) >= 11 is 0. The first kappa shape index (κ1) is 26.5. The average molecular weight is 621 g/mol. The molecule has 0 atom stereocenters. The van der Waals surface area contributed by atoms with Gasteiger partial charge in [-0.1, -0.05) is 133 Å². The van der Waals surface area contributed by atoms with Crippen LogP contribution in [0, 0.1) is 0 Å². The summed E-state index contributed by atoms with van der Waals surface area (Å²) in [7, 11) is 0. The number of nitrogens with zero attached hydrogens (tertiary/aromatic N) is 2. The van der Waals surface area contributed by atoms with Crippen LogP contribution >= 0.6 is 0 Å². The lowest BCUT2D eigenvalue weighted by Crippen LogP contribution is -1.89. The maximum absolute atomic E-state index is 4.79. The average Bonchev–Trinajstić information content (AvgIpc) is 3.61. The van der Waals surface area contributed by atoms with Crippen molar-refractivity contribution in [1.82, 2.24) is 9.38 Å². The van der Waals surface area contributed by atoms with E-state index in [0.29, 0.717) is 0 Å². The molecule has 11 rings (SSSR count). The van der Waals surface area contributed by atoms with Crippen molar-refractivity contribution in [2.24, 2.45) is 0 Å². The van der Waals surface area contributed by atoms with Crippen molar-refractivity contribution in [2.75, 3.05) is 0 Å². The highest BCUT2D eigenvalue weighted by Crippen LogP contribution is 2.44. The molecule has 2 heteroatoms. The Morgan fingerprint density at radius 1 is 0.347 bits per heavy atom. The molecule has 0 aliphatic heterocycles. The molecular formula is C47H28N2. The van der Waals surface area contributed by atoms with Crippen LogP contribution in [0.4, 0.5) is 0 Å². The van der Waals surface area contributed by atoms with Crippen molar-refractivity contribution >= 4 is 70.3 Å². The summed E-state index contributed by atoms with van der Waals surface area (Å²) in [5.74, 6) is 0. The molecule has 2 nitrogen and oxygen atoms in total. The third-order valence-corrected chi connectivity index (χ3v) is 10.5. The zero-order valence-corrected chi connectivity index (χ0v) is 26.6. The number of rotatable bonds is 3. The molecule has 0 N–H and O–H groups in total. The molecule has 0 unspecified atom stereocenters. The van der Waals surface area contributed by atoms with Gasteiger partial charge < -0.3 is 4.40 Å². The fourth-order valence-electron chi connectivity index (χ4n) is 8.21. The number of benzene rings is 8. The number of hydrogen-bond donors (Lipinski definition) is 0. The van der Waals surface area contributed by atoms with E-state index >= 15 is 0 Å². The first-order valence-corrected chi connectivity index (χ1v) is 16.9. The molecule has 0 saturated heterocycles. The number of aromatic nitrogens is 2. The molecule has 226 valence electrons. The number of pyridine rings is 1. The Morgan fingerprint density at radius 3 is 1.41 bits per heavy atom. The maximum atomic E-state index is 4.79. The van der Waals surface area contributed by atoms with Crippen LogP contribution in [0.2, 0.25) is 0 Å². The number of fused-ring (bicyclic) bond motifs is 3. The molecule has 0 fully saturated rings. The largest absolute Gasteiger partial charge is 0.306 e. The molecular weight excluding hydrogens is 593 g/mol. The van der Waals surface area contributed by atoms with Gasteiger partial charge in [0.2, 0.25) is 0 Å². The van der Waals surface area contributed by atoms with Crippen LogP contribution < -0.4 is 0 Å². The lowest BCUT2D eigenvalue weighted by atomic mass is 9.86. The van der Waals surface area contributed by atoms with Gasteiger partial charge in [-0.2, -0.15) is 0 Å². The van der Waals surface area contributed by atoms with Gasteiger partial charge in [-0.15, -0.1) is 0 Å². The Kier molecular flexibility index (Phi) is 5.42. The molecule has 2 aromatic heterocycles. The van der Waals surface area contributed by atoms with Gasteiger partial charge >= 0.3 is 0 Å². The number of hydrogen-bond acceptors (Lipinski definition) is 1. The molecule has 0 radical (unpaired) electrons. The molecule has 0 saturated carbocycles. The van der Waals surface area contributed by atoms with Crippen molar-refractivity contribution in [1.29, 1.82) is 0 Å². The summed E-state index contributed by atoms with van der Waals surface area (Å²) in [5.41, 5.74) is 7.89. The molecule has 9 aromatic carbocycles. The molecule has 2 heterocycles. The molecule has 0 aliphatic carbocycles. The molecule has 0 bridgehead atoms. The number of imidazole rings is 1. The Bertz CT molecular complexity index is 3040. The van der Waals surface area contributed by atoms with Crippen LogP contribution in [-0.2, 0) is 0 Å². The van der Waals surface area contributed by atoms with Gasteiger partial charge in [0.25, 0.3) is 0 Å². The predicted molar refractivity (Wildman–Crippen MR) is 208 cm³/mol. The van der Waals surface area contributed by atoms with Crippen LogP contribution in [0.5, 0.6) is 0 Å². The summed E-state index contributed by atoms with van der Waals surface area (Å²) < 4.78 is 2.06. The second-order valence-electron chi connectivity index (χ2n) is 13.2. The van der Waals surface area contributed by atoms with Gasteiger partial charge in [0, 0.05) is 18.0 Å². The zero-order valence-electron chi connectivity index (χ0n) is 26.6. The second kappa shape index (κ2) is 10.00. The zero-order chi connectivity index (χ0) is 32.1. The monoisotopic (exact) mass is 620 g/mol. The Balaban J connectivity index is 1.09. The SMILES string of the molecule is c1cc2ccc3cccc4c5cc(-c6ccc(-c7ccc(-c8cn9ccccc9n8)cc7)cc6)cc6ccc7cccc(c(c1)c2c34)c7c65. The fourth-order valence-corrected chi connectivity index (χ4v) is 8.21. The summed E-state index contributed by atoms with van der Waals surface area (Å²) in [6, 6.07) is 58.1. The summed E-state index contributed by atoms with van der Waals surface area (Å²) in [6.07, 6.45) is 4.12. The first-order chi connectivity index (χ1) is 24.3. The van der Waals surface area contributed by atoms with Crippen LogP contribution in [0.15, 0.2) is 170 Å². The molecule has 11 aromatic rings. The summed E-state index contributed by atoms with van der Waals surface area (Å²) in [5, 5.41) is 15.7. The van der Waals surface area contributed by atoms with Gasteiger partial charge in [0.15, 0.2) is 0 Å². The predicted octanol–water partition coefficient (Wildman–Crippen LogP) is 12.7. The van der Waals surface area contributed by atoms with Crippen molar-refractivity contribution in [2.45, 2.75) is 0 Å². The minimum Gasteiger partial charge on any atom is -0.306 e. The Hall–Kier alpha value is -6.51. The van der Waals surface area contributed by atoms with Crippen LogP contribution in [0.25, 0.3) is 104 Å². The van der Waals surface area contributed by atoms with E-state index in [9.17, 15) is 0 Å². The van der Waals surface area contributed by atoms with Crippen molar-refractivity contribution in [3.63, 3.8) is 0 Å². The molecule has 0 spiro atoms. The topological polar surface area (TPSA) is 17.3 Å². The highest BCUT2D eigenvalue weighted by atomic mass is 15.0. The van der Waals surface area contributed by atoms with Gasteiger partial charge in [0.1, 0.15) is 5.65 Å². The molecule has 49 heavy (non-hydrogen) atoms. The third-order valence-electron chi connectivity index (χ3n) is 10.5. The van der Waals surface area contributed by atoms with E-state index in [4.69, 9.17) is 4.98 Å². The van der Waals surface area contributed by atoms with Crippen molar-refractivity contribution in [3.8, 4) is 33.5 Å². The maximum Gasteiger partial charge on any atom is 0.137 e. The van der Waals surface area contributed by atoms with Gasteiger partial charge in [-0.05, 0) is 111 Å². The normalized spacial score (nSPS) is 12.1. The molecule has 0 aliphatic rings. The third kappa shape index (κ3) is 3.92. The summed E-state index contributed by atoms with van der Waals surface area (Å²) in [6.45, 7) is 0. The first-order valence-electron chi connectivity index (χ1n) is 16.9. The van der Waals surface area contributed by atoms with E-state index in [1.165, 1.54) is 86.9 Å². The van der Waals surface area contributed by atoms with Crippen molar-refractivity contribution in [3.05, 3.63) is 170 Å². The quantitative estimate of drug-likeness (QED) is 0.180. The van der Waals surface area contributed by atoms with Gasteiger partial charge in [-0.3, -0.25) is 0 Å². The Morgan fingerprint density at radius 2 is 0.837 bits per heavy atom. The van der Waals surface area contributed by atoms with Gasteiger partial charge in [0.05, 0.1) is 5.69 Å². The van der Waals surface area contributed by atoms with E-state index in [-0.39, 0.29) is 0 Å². The lowest BCUT2D eigenvalue weighted by molar-refractivity contribution is 1.19. The van der Waals surface area contributed by atoms with E-state index < -0.39 is 0 Å². The molecule has 0 amide bonds. The minimum absolute atomic E-state index is 0.957. The van der Waals surface area contributed by atoms with E-state index in [1.807, 2.05) is 24.4 Å². The Labute approximate surface area is 282 Å². The second-order valence-corrected chi connectivity index (χ2v) is 13.2.